The summed E-state index contributed by atoms with van der Waals surface area (Å²) in [5.41, 5.74) is 0.970. The molecule has 0 radical (unpaired) electrons. The molecule has 0 aromatic heterocycles. The molecule has 1 N–H and O–H groups in total. The van der Waals surface area contributed by atoms with Gasteiger partial charge in [0.15, 0.2) is 0 Å². The summed E-state index contributed by atoms with van der Waals surface area (Å²) in [6, 6.07) is 6.41. The maximum Gasteiger partial charge on any atom is 0.297 e. The second-order valence-corrected chi connectivity index (χ2v) is 6.97. The number of alkyl halides is 1. The van der Waals surface area contributed by atoms with Gasteiger partial charge in [-0.05, 0) is 38.3 Å². The fourth-order valence-electron chi connectivity index (χ4n) is 2.12. The van der Waals surface area contributed by atoms with Crippen molar-refractivity contribution >= 4 is 21.7 Å². The van der Waals surface area contributed by atoms with Gasteiger partial charge in [0.2, 0.25) is 0 Å². The minimum atomic E-state index is -3.85. The number of aliphatic hydroxyl groups excluding tert-OH is 1. The van der Waals surface area contributed by atoms with Crippen LogP contribution < -0.4 is 0 Å². The van der Waals surface area contributed by atoms with Gasteiger partial charge in [0.05, 0.1) is 16.4 Å². The molecule has 0 bridgehead atoms. The van der Waals surface area contributed by atoms with Crippen molar-refractivity contribution in [2.45, 2.75) is 48.7 Å². The normalized spacial score (nSPS) is 28.3. The largest absolute Gasteiger partial charge is 0.389 e. The second kappa shape index (κ2) is 5.79. The highest BCUT2D eigenvalue weighted by atomic mass is 35.5. The van der Waals surface area contributed by atoms with Crippen molar-refractivity contribution in [3.05, 3.63) is 29.8 Å². The van der Waals surface area contributed by atoms with E-state index in [4.69, 9.17) is 15.8 Å². The molecule has 1 aromatic rings. The van der Waals surface area contributed by atoms with E-state index in [1.807, 2.05) is 6.92 Å². The summed E-state index contributed by atoms with van der Waals surface area (Å²) in [6.45, 7) is 1.88. The van der Waals surface area contributed by atoms with Crippen LogP contribution in [0.1, 0.15) is 24.8 Å². The number of hydrogen-bond acceptors (Lipinski definition) is 4. The van der Waals surface area contributed by atoms with Crippen LogP contribution >= 0.6 is 11.6 Å². The average Bonchev–Trinajstić information content (AvgIpc) is 2.35. The summed E-state index contributed by atoms with van der Waals surface area (Å²) >= 11 is 5.93. The molecule has 0 amide bonds. The molecule has 19 heavy (non-hydrogen) atoms. The van der Waals surface area contributed by atoms with Crippen LogP contribution in [0.25, 0.3) is 0 Å². The molecule has 106 valence electrons. The van der Waals surface area contributed by atoms with Crippen molar-refractivity contribution in [1.29, 1.82) is 0 Å². The van der Waals surface area contributed by atoms with Crippen molar-refractivity contribution in [1.82, 2.24) is 0 Å². The summed E-state index contributed by atoms with van der Waals surface area (Å²) in [5.74, 6) is 0. The first-order chi connectivity index (χ1) is 8.90. The zero-order valence-corrected chi connectivity index (χ0v) is 12.2. The molecule has 2 rings (SSSR count). The van der Waals surface area contributed by atoms with Crippen LogP contribution in [0.4, 0.5) is 0 Å². The van der Waals surface area contributed by atoms with Crippen molar-refractivity contribution in [3.63, 3.8) is 0 Å². The fourth-order valence-corrected chi connectivity index (χ4v) is 3.55. The Morgan fingerprint density at radius 3 is 2.53 bits per heavy atom. The van der Waals surface area contributed by atoms with Crippen LogP contribution in [0.2, 0.25) is 0 Å². The molecule has 6 heteroatoms. The first-order valence-corrected chi connectivity index (χ1v) is 8.07. The molecule has 1 aliphatic rings. The van der Waals surface area contributed by atoms with Crippen molar-refractivity contribution in [2.75, 3.05) is 0 Å². The summed E-state index contributed by atoms with van der Waals surface area (Å²) < 4.78 is 29.3. The minimum Gasteiger partial charge on any atom is -0.389 e. The van der Waals surface area contributed by atoms with Crippen molar-refractivity contribution in [3.8, 4) is 0 Å². The Labute approximate surface area is 118 Å². The van der Waals surface area contributed by atoms with E-state index in [-0.39, 0.29) is 4.90 Å². The van der Waals surface area contributed by atoms with Crippen molar-refractivity contribution < 1.29 is 17.7 Å². The van der Waals surface area contributed by atoms with E-state index in [1.54, 1.807) is 12.1 Å². The first-order valence-electron chi connectivity index (χ1n) is 6.22. The fraction of sp³-hybridized carbons (Fsp3) is 0.538. The summed E-state index contributed by atoms with van der Waals surface area (Å²) in [4.78, 5) is 0.0991. The van der Waals surface area contributed by atoms with Gasteiger partial charge in [0.1, 0.15) is 6.10 Å². The topological polar surface area (TPSA) is 63.6 Å². The average molecular weight is 305 g/mol. The number of rotatable bonds is 3. The zero-order valence-electron chi connectivity index (χ0n) is 10.6. The lowest BCUT2D eigenvalue weighted by atomic mass is 9.95. The van der Waals surface area contributed by atoms with E-state index in [1.165, 1.54) is 12.1 Å². The van der Waals surface area contributed by atoms with Gasteiger partial charge in [-0.2, -0.15) is 8.42 Å². The molecule has 1 saturated carbocycles. The lowest BCUT2D eigenvalue weighted by molar-refractivity contribution is 0.0135. The lowest BCUT2D eigenvalue weighted by Crippen LogP contribution is -2.41. The molecular formula is C13H17ClO4S. The summed E-state index contributed by atoms with van der Waals surface area (Å²) in [7, 11) is -3.85. The van der Waals surface area contributed by atoms with E-state index in [2.05, 4.69) is 0 Å². The SMILES string of the molecule is Cc1ccc(S(=O)(=O)O[C@H]2CCC[C@@H](Cl)[C@@H]2O)cc1. The van der Waals surface area contributed by atoms with E-state index in [0.29, 0.717) is 12.8 Å². The third kappa shape index (κ3) is 3.48. The molecule has 1 aliphatic carbocycles. The first kappa shape index (κ1) is 14.8. The highest BCUT2D eigenvalue weighted by molar-refractivity contribution is 7.86. The van der Waals surface area contributed by atoms with E-state index < -0.39 is 27.7 Å². The molecule has 4 nitrogen and oxygen atoms in total. The van der Waals surface area contributed by atoms with Crippen LogP contribution in [-0.4, -0.2) is 31.1 Å². The van der Waals surface area contributed by atoms with Gasteiger partial charge >= 0.3 is 0 Å². The molecule has 0 saturated heterocycles. The Balaban J connectivity index is 2.15. The summed E-state index contributed by atoms with van der Waals surface area (Å²) in [6.07, 6.45) is 0.209. The highest BCUT2D eigenvalue weighted by Gasteiger charge is 2.35. The van der Waals surface area contributed by atoms with Crippen LogP contribution in [0.5, 0.6) is 0 Å². The molecule has 0 spiro atoms. The van der Waals surface area contributed by atoms with E-state index in [9.17, 15) is 13.5 Å². The Morgan fingerprint density at radius 2 is 1.89 bits per heavy atom. The number of aryl methyl sites for hydroxylation is 1. The third-order valence-corrected chi connectivity index (χ3v) is 5.11. The van der Waals surface area contributed by atoms with Gasteiger partial charge < -0.3 is 5.11 Å². The molecular weight excluding hydrogens is 288 g/mol. The Morgan fingerprint density at radius 1 is 1.26 bits per heavy atom. The molecule has 0 aliphatic heterocycles. The quantitative estimate of drug-likeness (QED) is 0.687. The molecule has 3 atom stereocenters. The van der Waals surface area contributed by atoms with Gasteiger partial charge in [0, 0.05) is 0 Å². The standard InChI is InChI=1S/C13H17ClO4S/c1-9-5-7-10(8-6-9)19(16,17)18-12-4-2-3-11(14)13(12)15/h5-8,11-13,15H,2-4H2,1H3/t11-,12+,13+/m1/s1. The highest BCUT2D eigenvalue weighted by Crippen LogP contribution is 2.28. The predicted molar refractivity (Wildman–Crippen MR) is 72.7 cm³/mol. The smallest absolute Gasteiger partial charge is 0.297 e. The molecule has 0 unspecified atom stereocenters. The number of hydrogen-bond donors (Lipinski definition) is 1. The zero-order chi connectivity index (χ0) is 14.0. The Bertz CT molecular complexity index is 526. The van der Waals surface area contributed by atoms with Crippen LogP contribution in [-0.2, 0) is 14.3 Å². The maximum absolute atomic E-state index is 12.1. The Hall–Kier alpha value is -0.620. The predicted octanol–water partition coefficient (Wildman–Crippen LogP) is 2.22. The Kier molecular flexibility index (Phi) is 4.50. The van der Waals surface area contributed by atoms with Gasteiger partial charge in [-0.25, -0.2) is 0 Å². The summed E-state index contributed by atoms with van der Waals surface area (Å²) in [5, 5.41) is 9.42. The van der Waals surface area contributed by atoms with Gasteiger partial charge in [0.25, 0.3) is 10.1 Å². The monoisotopic (exact) mass is 304 g/mol. The van der Waals surface area contributed by atoms with Crippen LogP contribution in [0.15, 0.2) is 29.2 Å². The van der Waals surface area contributed by atoms with Crippen LogP contribution in [0, 0.1) is 6.92 Å². The van der Waals surface area contributed by atoms with E-state index >= 15 is 0 Å². The molecule has 0 heterocycles. The molecule has 1 fully saturated rings. The van der Waals surface area contributed by atoms with Gasteiger partial charge in [-0.15, -0.1) is 11.6 Å². The van der Waals surface area contributed by atoms with Gasteiger partial charge in [-0.3, -0.25) is 4.18 Å². The lowest BCUT2D eigenvalue weighted by Gasteiger charge is -2.30. The number of halogens is 1. The minimum absolute atomic E-state index is 0.0991. The second-order valence-electron chi connectivity index (χ2n) is 4.84. The number of benzene rings is 1. The third-order valence-electron chi connectivity index (χ3n) is 3.28. The molecule has 1 aromatic carbocycles. The van der Waals surface area contributed by atoms with Gasteiger partial charge in [-0.1, -0.05) is 17.7 Å². The van der Waals surface area contributed by atoms with E-state index in [0.717, 1.165) is 12.0 Å². The maximum atomic E-state index is 12.1. The van der Waals surface area contributed by atoms with Crippen LogP contribution in [0.3, 0.4) is 0 Å². The van der Waals surface area contributed by atoms with Crippen molar-refractivity contribution in [2.24, 2.45) is 0 Å². The number of aliphatic hydroxyl groups is 1.